The van der Waals surface area contributed by atoms with Gasteiger partial charge in [-0.1, -0.05) is 15.9 Å². The molecule has 0 spiro atoms. The van der Waals surface area contributed by atoms with E-state index in [-0.39, 0.29) is 5.97 Å². The third-order valence-corrected chi connectivity index (χ3v) is 1.87. The van der Waals surface area contributed by atoms with Crippen molar-refractivity contribution in [2.24, 2.45) is 0 Å². The van der Waals surface area contributed by atoms with Crippen molar-refractivity contribution in [3.05, 3.63) is 23.7 Å². The molecule has 0 aliphatic carbocycles. The topological polar surface area (TPSA) is 39.4 Å². The van der Waals surface area contributed by atoms with Crippen LogP contribution < -0.4 is 0 Å². The Morgan fingerprint density at radius 3 is 3.08 bits per heavy atom. The van der Waals surface area contributed by atoms with Gasteiger partial charge < -0.3 is 9.15 Å². The van der Waals surface area contributed by atoms with Crippen molar-refractivity contribution in [1.82, 2.24) is 0 Å². The summed E-state index contributed by atoms with van der Waals surface area (Å²) in [6.07, 6.45) is 1.48. The molecule has 12 heavy (non-hydrogen) atoms. The Kier molecular flexibility index (Phi) is 3.34. The summed E-state index contributed by atoms with van der Waals surface area (Å²) in [5.74, 6) is 0.272. The van der Waals surface area contributed by atoms with E-state index in [1.807, 2.05) is 0 Å². The summed E-state index contributed by atoms with van der Waals surface area (Å²) in [4.78, 5) is 11.2. The molecule has 0 radical (unpaired) electrons. The van der Waals surface area contributed by atoms with E-state index in [1.54, 1.807) is 13.0 Å². The van der Waals surface area contributed by atoms with Gasteiger partial charge in [0.05, 0.1) is 18.2 Å². The summed E-state index contributed by atoms with van der Waals surface area (Å²) in [7, 11) is 0. The number of hydrogen-bond donors (Lipinski definition) is 0. The maximum absolute atomic E-state index is 11.2. The van der Waals surface area contributed by atoms with Gasteiger partial charge in [-0.2, -0.15) is 0 Å². The van der Waals surface area contributed by atoms with Gasteiger partial charge in [0, 0.05) is 0 Å². The molecule has 4 heteroatoms. The Labute approximate surface area is 78.8 Å². The summed E-state index contributed by atoms with van der Waals surface area (Å²) >= 11 is 3.21. The third-order valence-electron chi connectivity index (χ3n) is 1.36. The van der Waals surface area contributed by atoms with Crippen molar-refractivity contribution in [1.29, 1.82) is 0 Å². The largest absolute Gasteiger partial charge is 0.468 e. The predicted molar refractivity (Wildman–Crippen MR) is 47.3 cm³/mol. The fourth-order valence-electron chi connectivity index (χ4n) is 0.835. The van der Waals surface area contributed by atoms with Gasteiger partial charge >= 0.3 is 5.97 Å². The fourth-order valence-corrected chi connectivity index (χ4v) is 1.27. The molecule has 0 saturated heterocycles. The predicted octanol–water partition coefficient (Wildman–Crippen LogP) is 2.35. The maximum Gasteiger partial charge on any atom is 0.341 e. The van der Waals surface area contributed by atoms with Crippen LogP contribution in [0.15, 0.2) is 16.7 Å². The molecule has 0 aliphatic heterocycles. The number of rotatable bonds is 3. The first-order valence-corrected chi connectivity index (χ1v) is 4.71. The van der Waals surface area contributed by atoms with Gasteiger partial charge in [-0.05, 0) is 13.0 Å². The Bertz CT molecular complexity index is 267. The molecule has 1 aromatic heterocycles. The SMILES string of the molecule is CCOC(=O)c1ccoc1CBr. The first-order valence-electron chi connectivity index (χ1n) is 3.59. The van der Waals surface area contributed by atoms with Crippen LogP contribution >= 0.6 is 15.9 Å². The summed E-state index contributed by atoms with van der Waals surface area (Å²) in [6.45, 7) is 2.15. The van der Waals surface area contributed by atoms with Gasteiger partial charge in [0.25, 0.3) is 0 Å². The van der Waals surface area contributed by atoms with Crippen LogP contribution in [0, 0.1) is 0 Å². The summed E-state index contributed by atoms with van der Waals surface area (Å²) in [5, 5.41) is 0.522. The van der Waals surface area contributed by atoms with Crippen LogP contribution in [0.2, 0.25) is 0 Å². The molecule has 0 bridgehead atoms. The van der Waals surface area contributed by atoms with E-state index in [2.05, 4.69) is 15.9 Å². The Morgan fingerprint density at radius 1 is 1.75 bits per heavy atom. The average molecular weight is 233 g/mol. The molecule has 66 valence electrons. The van der Waals surface area contributed by atoms with E-state index in [0.717, 1.165) is 0 Å². The number of alkyl halides is 1. The van der Waals surface area contributed by atoms with Gasteiger partial charge in [0.2, 0.25) is 0 Å². The third kappa shape index (κ3) is 1.88. The molecule has 1 aromatic rings. The Hall–Kier alpha value is -0.770. The quantitative estimate of drug-likeness (QED) is 0.594. The van der Waals surface area contributed by atoms with E-state index in [4.69, 9.17) is 9.15 Å². The second-order valence-electron chi connectivity index (χ2n) is 2.11. The molecular weight excluding hydrogens is 224 g/mol. The lowest BCUT2D eigenvalue weighted by molar-refractivity contribution is 0.0524. The minimum Gasteiger partial charge on any atom is -0.468 e. The van der Waals surface area contributed by atoms with E-state index in [1.165, 1.54) is 6.26 Å². The zero-order valence-electron chi connectivity index (χ0n) is 6.67. The van der Waals surface area contributed by atoms with Crippen LogP contribution in [-0.4, -0.2) is 12.6 Å². The molecule has 1 rings (SSSR count). The van der Waals surface area contributed by atoms with Gasteiger partial charge in [-0.3, -0.25) is 0 Å². The summed E-state index contributed by atoms with van der Waals surface area (Å²) in [6, 6.07) is 1.61. The standard InChI is InChI=1S/C8H9BrO3/c1-2-11-8(10)6-3-4-12-7(6)5-9/h3-4H,2,5H2,1H3. The van der Waals surface area contributed by atoms with Crippen LogP contribution in [0.3, 0.4) is 0 Å². The normalized spacial score (nSPS) is 9.83. The fraction of sp³-hybridized carbons (Fsp3) is 0.375. The zero-order valence-corrected chi connectivity index (χ0v) is 8.26. The molecule has 0 atom stereocenters. The van der Waals surface area contributed by atoms with Crippen LogP contribution in [0.25, 0.3) is 0 Å². The van der Waals surface area contributed by atoms with Crippen molar-refractivity contribution in [3.8, 4) is 0 Å². The first kappa shape index (κ1) is 9.32. The highest BCUT2D eigenvalue weighted by Gasteiger charge is 2.13. The molecule has 0 unspecified atom stereocenters. The molecule has 0 saturated carbocycles. The maximum atomic E-state index is 11.2. The van der Waals surface area contributed by atoms with Crippen molar-refractivity contribution in [3.63, 3.8) is 0 Å². The number of hydrogen-bond acceptors (Lipinski definition) is 3. The minimum atomic E-state index is -0.333. The van der Waals surface area contributed by atoms with Crippen molar-refractivity contribution in [2.45, 2.75) is 12.3 Å². The smallest absolute Gasteiger partial charge is 0.341 e. The highest BCUT2D eigenvalue weighted by Crippen LogP contribution is 2.14. The highest BCUT2D eigenvalue weighted by molar-refractivity contribution is 9.08. The summed E-state index contributed by atoms with van der Waals surface area (Å²) in [5.41, 5.74) is 0.494. The average Bonchev–Trinajstić information content (AvgIpc) is 2.51. The van der Waals surface area contributed by atoms with E-state index < -0.39 is 0 Å². The lowest BCUT2D eigenvalue weighted by atomic mass is 10.3. The second-order valence-corrected chi connectivity index (χ2v) is 2.67. The molecule has 1 heterocycles. The monoisotopic (exact) mass is 232 g/mol. The molecule has 0 N–H and O–H groups in total. The number of halogens is 1. The van der Waals surface area contributed by atoms with Crippen LogP contribution in [0.4, 0.5) is 0 Å². The van der Waals surface area contributed by atoms with E-state index >= 15 is 0 Å². The number of esters is 1. The molecule has 0 aliphatic rings. The van der Waals surface area contributed by atoms with Gasteiger partial charge in [-0.25, -0.2) is 4.79 Å². The highest BCUT2D eigenvalue weighted by atomic mass is 79.9. The number of ether oxygens (including phenoxy) is 1. The lowest BCUT2D eigenvalue weighted by Gasteiger charge is -1.99. The van der Waals surface area contributed by atoms with Crippen molar-refractivity contribution >= 4 is 21.9 Å². The number of carbonyl (C=O) groups excluding carboxylic acids is 1. The molecular formula is C8H9BrO3. The van der Waals surface area contributed by atoms with Gasteiger partial charge in [0.15, 0.2) is 0 Å². The molecule has 0 aromatic carbocycles. The first-order chi connectivity index (χ1) is 5.79. The van der Waals surface area contributed by atoms with Crippen molar-refractivity contribution < 1.29 is 13.9 Å². The summed E-state index contributed by atoms with van der Waals surface area (Å²) < 4.78 is 9.84. The minimum absolute atomic E-state index is 0.333. The van der Waals surface area contributed by atoms with Gasteiger partial charge in [-0.15, -0.1) is 0 Å². The Morgan fingerprint density at radius 2 is 2.50 bits per heavy atom. The number of carbonyl (C=O) groups is 1. The number of furan rings is 1. The second kappa shape index (κ2) is 4.30. The van der Waals surface area contributed by atoms with Crippen molar-refractivity contribution in [2.75, 3.05) is 6.61 Å². The molecule has 0 amide bonds. The van der Waals surface area contributed by atoms with Crippen LogP contribution in [0.5, 0.6) is 0 Å². The molecule has 3 nitrogen and oxygen atoms in total. The van der Waals surface area contributed by atoms with Gasteiger partial charge in [0.1, 0.15) is 11.3 Å². The lowest BCUT2D eigenvalue weighted by Crippen LogP contribution is -2.05. The zero-order chi connectivity index (χ0) is 8.97. The van der Waals surface area contributed by atoms with Crippen LogP contribution in [0.1, 0.15) is 23.0 Å². The van der Waals surface area contributed by atoms with E-state index in [0.29, 0.717) is 23.3 Å². The van der Waals surface area contributed by atoms with E-state index in [9.17, 15) is 4.79 Å². The molecule has 0 fully saturated rings. The Balaban J connectivity index is 2.79. The van der Waals surface area contributed by atoms with Crippen LogP contribution in [-0.2, 0) is 10.1 Å².